The van der Waals surface area contributed by atoms with Crippen LogP contribution in [0.4, 0.5) is 17.2 Å². The van der Waals surface area contributed by atoms with E-state index < -0.39 is 17.4 Å². The van der Waals surface area contributed by atoms with E-state index in [-0.39, 0.29) is 36.4 Å². The number of methoxy groups -OCH3 is 1. The summed E-state index contributed by atoms with van der Waals surface area (Å²) < 4.78 is 5.73. The summed E-state index contributed by atoms with van der Waals surface area (Å²) in [6.45, 7) is 15.5. The summed E-state index contributed by atoms with van der Waals surface area (Å²) in [7, 11) is 3.31. The third-order valence-corrected chi connectivity index (χ3v) is 10.7. The third kappa shape index (κ3) is 8.99. The van der Waals surface area contributed by atoms with Crippen molar-refractivity contribution in [3.63, 3.8) is 0 Å². The highest BCUT2D eigenvalue weighted by Gasteiger charge is 2.42. The summed E-state index contributed by atoms with van der Waals surface area (Å²) in [6.07, 6.45) is 4.16. The molecule has 1 amide bonds. The average Bonchev–Trinajstić information content (AvgIpc) is 3.60. The number of carbonyl (C=O) groups is 3. The van der Waals surface area contributed by atoms with Crippen LogP contribution in [0.5, 0.6) is 5.75 Å². The van der Waals surface area contributed by atoms with Crippen LogP contribution in [0.25, 0.3) is 10.9 Å². The van der Waals surface area contributed by atoms with Crippen molar-refractivity contribution in [3.8, 4) is 5.75 Å². The first-order valence-electron chi connectivity index (χ1n) is 18.2. The molecule has 0 unspecified atom stereocenters. The van der Waals surface area contributed by atoms with Crippen molar-refractivity contribution >= 4 is 57.2 Å². The zero-order valence-electron chi connectivity index (χ0n) is 31.2. The Bertz CT molecular complexity index is 1720. The summed E-state index contributed by atoms with van der Waals surface area (Å²) in [5.74, 6) is 0.379. The van der Waals surface area contributed by atoms with E-state index in [2.05, 4.69) is 37.3 Å². The highest BCUT2D eigenvalue weighted by Crippen LogP contribution is 2.36. The summed E-state index contributed by atoms with van der Waals surface area (Å²) in [5, 5.41) is 7.80. The van der Waals surface area contributed by atoms with E-state index in [9.17, 15) is 14.4 Å². The van der Waals surface area contributed by atoms with Gasteiger partial charge in [0.2, 0.25) is 5.91 Å². The van der Waals surface area contributed by atoms with Crippen molar-refractivity contribution in [1.29, 1.82) is 0 Å². The van der Waals surface area contributed by atoms with Gasteiger partial charge in [0.1, 0.15) is 23.7 Å². The number of ketones is 2. The number of fused-ring (bicyclic) bond motifs is 1. The Morgan fingerprint density at radius 2 is 1.80 bits per heavy atom. The van der Waals surface area contributed by atoms with Gasteiger partial charge in [-0.25, -0.2) is 9.97 Å². The predicted molar refractivity (Wildman–Crippen MR) is 204 cm³/mol. The number of ether oxygens (including phenoxy) is 1. The van der Waals surface area contributed by atoms with Gasteiger partial charge in [0.15, 0.2) is 5.78 Å². The fourth-order valence-electron chi connectivity index (χ4n) is 7.24. The van der Waals surface area contributed by atoms with E-state index in [4.69, 9.17) is 16.3 Å². The number of benzene rings is 2. The fourth-order valence-corrected chi connectivity index (χ4v) is 7.54. The minimum absolute atomic E-state index is 0.0144. The summed E-state index contributed by atoms with van der Waals surface area (Å²) in [6, 6.07) is 8.77. The van der Waals surface area contributed by atoms with Crippen LogP contribution in [0.2, 0.25) is 5.02 Å². The molecule has 11 nitrogen and oxygen atoms in total. The first-order valence-corrected chi connectivity index (χ1v) is 18.6. The van der Waals surface area contributed by atoms with Gasteiger partial charge in [0, 0.05) is 74.2 Å². The minimum atomic E-state index is -0.570. The Labute approximate surface area is 307 Å². The number of anilines is 3. The van der Waals surface area contributed by atoms with Crippen LogP contribution >= 0.6 is 11.6 Å². The Morgan fingerprint density at radius 3 is 2.45 bits per heavy atom. The lowest BCUT2D eigenvalue weighted by Crippen LogP contribution is -2.48. The van der Waals surface area contributed by atoms with Crippen LogP contribution in [0.3, 0.4) is 0 Å². The van der Waals surface area contributed by atoms with Crippen molar-refractivity contribution < 1.29 is 19.1 Å². The van der Waals surface area contributed by atoms with Crippen LogP contribution in [-0.4, -0.2) is 103 Å². The van der Waals surface area contributed by atoms with Crippen LogP contribution in [0, 0.1) is 11.3 Å². The molecule has 2 fully saturated rings. The smallest absolute Gasteiger partial charge is 0.227 e. The standard InChI is InChI=1S/C39H54ClN7O4/c1-8-13-45-15-17-46(18-16-45)32-12-11-27(21-30(32)40)44-37-28-19-26(36(51-7)23-31(28)42-24-43-37)20-35(49)33-10-9-14-47(33)38(50)29(39(3,4)5)22-34(48)25(2)41-6/h11-12,19,21,23-25,29,33,41H,8-10,13-18,20,22H2,1-7H3,(H,42,43,44)/t25-,29+,33-/m0/s1. The summed E-state index contributed by atoms with van der Waals surface area (Å²) in [5.41, 5.74) is 2.71. The number of hydrogen-bond acceptors (Lipinski definition) is 10. The number of likely N-dealkylation sites (tertiary alicyclic amines) is 1. The molecule has 3 aromatic rings. The highest BCUT2D eigenvalue weighted by molar-refractivity contribution is 6.33. The molecule has 0 aliphatic carbocycles. The SMILES string of the molecule is CCCN1CCN(c2ccc(Nc3ncnc4cc(OC)c(CC(=O)[C@@H]5CCCN5C(=O)[C@@H](CC(=O)[C@H](C)NC)C(C)(C)C)cc34)cc2Cl)CC1. The van der Waals surface area contributed by atoms with Gasteiger partial charge >= 0.3 is 0 Å². The van der Waals surface area contributed by atoms with Gasteiger partial charge in [-0.05, 0) is 69.5 Å². The zero-order valence-corrected chi connectivity index (χ0v) is 32.0. The van der Waals surface area contributed by atoms with Crippen molar-refractivity contribution in [3.05, 3.63) is 47.2 Å². The van der Waals surface area contributed by atoms with Crippen LogP contribution < -0.4 is 20.3 Å². The van der Waals surface area contributed by atoms with Crippen molar-refractivity contribution in [2.24, 2.45) is 11.3 Å². The Balaban J connectivity index is 1.35. The van der Waals surface area contributed by atoms with Crippen LogP contribution in [-0.2, 0) is 20.8 Å². The molecule has 1 aromatic heterocycles. The molecule has 12 heteroatoms. The number of amides is 1. The molecule has 3 heterocycles. The topological polar surface area (TPSA) is 120 Å². The molecular weight excluding hydrogens is 666 g/mol. The van der Waals surface area contributed by atoms with Crippen molar-refractivity contribution in [2.45, 2.75) is 78.8 Å². The fraction of sp³-hybridized carbons (Fsp3) is 0.564. The Kier molecular flexibility index (Phi) is 12.6. The second kappa shape index (κ2) is 16.7. The lowest BCUT2D eigenvalue weighted by Gasteiger charge is -2.36. The number of piperazine rings is 1. The van der Waals surface area contributed by atoms with Crippen LogP contribution in [0.15, 0.2) is 36.7 Å². The number of nitrogens with zero attached hydrogens (tertiary/aromatic N) is 5. The first kappa shape index (κ1) is 38.4. The van der Waals surface area contributed by atoms with Crippen molar-refractivity contribution in [1.82, 2.24) is 25.1 Å². The summed E-state index contributed by atoms with van der Waals surface area (Å²) in [4.78, 5) is 56.5. The van der Waals surface area contributed by atoms with E-state index in [1.54, 1.807) is 26.0 Å². The number of rotatable bonds is 14. The molecule has 5 rings (SSSR count). The first-order chi connectivity index (χ1) is 24.3. The number of Topliss-reactive ketones (excluding diaryl/α,β-unsaturated/α-hetero) is 2. The maximum Gasteiger partial charge on any atom is 0.227 e. The molecular formula is C39H54ClN7O4. The maximum absolute atomic E-state index is 14.0. The summed E-state index contributed by atoms with van der Waals surface area (Å²) >= 11 is 6.82. The minimum Gasteiger partial charge on any atom is -0.496 e. The van der Waals surface area contributed by atoms with Crippen molar-refractivity contribution in [2.75, 3.05) is 63.6 Å². The number of likely N-dealkylation sites (N-methyl/N-ethyl adjacent to an activating group) is 1. The predicted octanol–water partition coefficient (Wildman–Crippen LogP) is 5.90. The number of nitrogens with one attached hydrogen (secondary N) is 2. The molecule has 0 spiro atoms. The largest absolute Gasteiger partial charge is 0.496 e. The Morgan fingerprint density at radius 1 is 1.06 bits per heavy atom. The van der Waals surface area contributed by atoms with Crippen LogP contribution in [0.1, 0.15) is 65.9 Å². The molecule has 3 atom stereocenters. The maximum atomic E-state index is 14.0. The van der Waals surface area contributed by atoms with Gasteiger partial charge in [-0.3, -0.25) is 19.3 Å². The zero-order chi connectivity index (χ0) is 36.9. The monoisotopic (exact) mass is 719 g/mol. The molecule has 276 valence electrons. The molecule has 0 bridgehead atoms. The third-order valence-electron chi connectivity index (χ3n) is 10.4. The molecule has 2 aliphatic rings. The number of aromatic nitrogens is 2. The lowest BCUT2D eigenvalue weighted by atomic mass is 9.76. The van der Waals surface area contributed by atoms with Gasteiger partial charge in [0.05, 0.1) is 35.4 Å². The molecule has 2 aliphatic heterocycles. The van der Waals surface area contributed by atoms with E-state index >= 15 is 0 Å². The highest BCUT2D eigenvalue weighted by atomic mass is 35.5. The molecule has 0 saturated carbocycles. The number of carbonyl (C=O) groups excluding carboxylic acids is 3. The molecule has 2 aromatic carbocycles. The normalized spacial score (nSPS) is 18.2. The lowest BCUT2D eigenvalue weighted by molar-refractivity contribution is -0.145. The van der Waals surface area contributed by atoms with Gasteiger partial charge in [-0.15, -0.1) is 0 Å². The van der Waals surface area contributed by atoms with E-state index in [1.165, 1.54) is 6.33 Å². The quantitative estimate of drug-likeness (QED) is 0.209. The molecule has 2 N–H and O–H groups in total. The van der Waals surface area contributed by atoms with Gasteiger partial charge in [-0.1, -0.05) is 39.3 Å². The average molecular weight is 720 g/mol. The van der Waals surface area contributed by atoms with E-state index in [0.29, 0.717) is 40.6 Å². The number of halogens is 1. The van der Waals surface area contributed by atoms with E-state index in [0.717, 1.165) is 62.3 Å². The van der Waals surface area contributed by atoms with Gasteiger partial charge in [-0.2, -0.15) is 0 Å². The number of hydrogen-bond donors (Lipinski definition) is 2. The van der Waals surface area contributed by atoms with Gasteiger partial charge < -0.3 is 25.2 Å². The second-order valence-corrected chi connectivity index (χ2v) is 15.4. The van der Waals surface area contributed by atoms with E-state index in [1.807, 2.05) is 51.1 Å². The molecule has 0 radical (unpaired) electrons. The molecule has 51 heavy (non-hydrogen) atoms. The Hall–Kier alpha value is -3.80. The second-order valence-electron chi connectivity index (χ2n) is 15.0. The molecule has 2 saturated heterocycles. The van der Waals surface area contributed by atoms with Gasteiger partial charge in [0.25, 0.3) is 0 Å².